The Morgan fingerprint density at radius 1 is 1.41 bits per heavy atom. The van der Waals surface area contributed by atoms with E-state index < -0.39 is 0 Å². The maximum absolute atomic E-state index is 12.9. The highest BCUT2D eigenvalue weighted by Crippen LogP contribution is 2.29. The molecular weight excluding hydrogens is 282 g/mol. The third kappa shape index (κ3) is 2.76. The number of carbonyl (C=O) groups is 1. The molecule has 3 heterocycles. The van der Waals surface area contributed by atoms with Crippen LogP contribution in [-0.2, 0) is 0 Å². The van der Waals surface area contributed by atoms with Crippen molar-refractivity contribution >= 4 is 11.9 Å². The van der Waals surface area contributed by atoms with E-state index in [0.29, 0.717) is 18.2 Å². The molecule has 0 radical (unpaired) electrons. The zero-order valence-electron chi connectivity index (χ0n) is 12.7. The minimum Gasteiger partial charge on any atom is -0.357 e. The molecule has 3 rings (SSSR count). The quantitative estimate of drug-likeness (QED) is 0.886. The minimum atomic E-state index is -0.0944. The van der Waals surface area contributed by atoms with Crippen LogP contribution in [0.25, 0.3) is 0 Å². The summed E-state index contributed by atoms with van der Waals surface area (Å²) in [6.07, 6.45) is 4.41. The number of carbonyl (C=O) groups excluding carboxylic acids is 1. The summed E-state index contributed by atoms with van der Waals surface area (Å²) in [6, 6.07) is 1.65. The van der Waals surface area contributed by atoms with Gasteiger partial charge in [0.1, 0.15) is 17.8 Å². The number of piperidine rings is 1. The lowest BCUT2D eigenvalue weighted by molar-refractivity contribution is 0.0594. The van der Waals surface area contributed by atoms with Crippen LogP contribution in [0.3, 0.4) is 0 Å². The highest BCUT2D eigenvalue weighted by molar-refractivity contribution is 5.93. The highest BCUT2D eigenvalue weighted by atomic mass is 16.2. The van der Waals surface area contributed by atoms with E-state index in [2.05, 4.69) is 30.5 Å². The Labute approximate surface area is 128 Å². The fourth-order valence-corrected chi connectivity index (χ4v) is 2.77. The van der Waals surface area contributed by atoms with Gasteiger partial charge in [-0.1, -0.05) is 0 Å². The summed E-state index contributed by atoms with van der Waals surface area (Å²) in [5.74, 6) is 1.09. The first kappa shape index (κ1) is 14.4. The molecule has 1 amide bonds. The van der Waals surface area contributed by atoms with Gasteiger partial charge in [0, 0.05) is 19.3 Å². The number of H-pyrrole nitrogens is 1. The van der Waals surface area contributed by atoms with Crippen molar-refractivity contribution < 1.29 is 4.79 Å². The summed E-state index contributed by atoms with van der Waals surface area (Å²) in [7, 11) is 1.74. The molecule has 0 spiro atoms. The third-order valence-corrected chi connectivity index (χ3v) is 3.81. The third-order valence-electron chi connectivity index (χ3n) is 3.81. The SMILES string of the molecule is CNc1nc(C)cc(C(=O)N2CCCC[C@H]2c2ncn[nH]2)n1. The van der Waals surface area contributed by atoms with Crippen molar-refractivity contribution in [1.82, 2.24) is 30.0 Å². The Morgan fingerprint density at radius 3 is 3.00 bits per heavy atom. The number of anilines is 1. The Balaban J connectivity index is 1.90. The van der Waals surface area contributed by atoms with Gasteiger partial charge in [-0.05, 0) is 32.3 Å². The highest BCUT2D eigenvalue weighted by Gasteiger charge is 2.31. The van der Waals surface area contributed by atoms with Crippen LogP contribution in [0, 0.1) is 6.92 Å². The lowest BCUT2D eigenvalue weighted by atomic mass is 10.0. The lowest BCUT2D eigenvalue weighted by Crippen LogP contribution is -2.39. The zero-order chi connectivity index (χ0) is 15.5. The molecule has 2 aromatic heterocycles. The van der Waals surface area contributed by atoms with Gasteiger partial charge in [-0.25, -0.2) is 15.0 Å². The standard InChI is InChI=1S/C14H19N7O/c1-9-7-10(19-14(15-2)18-9)13(22)21-6-4-3-5-11(21)12-16-8-17-20-12/h7-8,11H,3-6H2,1-2H3,(H,15,18,19)(H,16,17,20)/t11-/m0/s1. The molecule has 1 atom stereocenters. The molecule has 8 nitrogen and oxygen atoms in total. The largest absolute Gasteiger partial charge is 0.357 e. The molecule has 1 aliphatic rings. The smallest absolute Gasteiger partial charge is 0.273 e. The van der Waals surface area contributed by atoms with Crippen molar-refractivity contribution in [3.8, 4) is 0 Å². The fraction of sp³-hybridized carbons (Fsp3) is 0.500. The topological polar surface area (TPSA) is 99.7 Å². The van der Waals surface area contributed by atoms with Gasteiger partial charge in [0.25, 0.3) is 5.91 Å². The van der Waals surface area contributed by atoms with Crippen LogP contribution in [0.5, 0.6) is 0 Å². The molecule has 0 unspecified atom stereocenters. The second-order valence-corrected chi connectivity index (χ2v) is 5.35. The first-order chi connectivity index (χ1) is 10.7. The number of nitrogens with one attached hydrogen (secondary N) is 2. The van der Waals surface area contributed by atoms with Gasteiger partial charge < -0.3 is 10.2 Å². The molecule has 0 bridgehead atoms. The molecule has 22 heavy (non-hydrogen) atoms. The number of aryl methyl sites for hydroxylation is 1. The summed E-state index contributed by atoms with van der Waals surface area (Å²) in [6.45, 7) is 2.55. The monoisotopic (exact) mass is 301 g/mol. The number of aromatic nitrogens is 5. The predicted molar refractivity (Wildman–Crippen MR) is 80.3 cm³/mol. The number of rotatable bonds is 3. The van der Waals surface area contributed by atoms with Gasteiger partial charge in [0.2, 0.25) is 5.95 Å². The number of hydrogen-bond donors (Lipinski definition) is 2. The number of hydrogen-bond acceptors (Lipinski definition) is 6. The predicted octanol–water partition coefficient (Wildman–Crippen LogP) is 1.31. The van der Waals surface area contributed by atoms with E-state index in [9.17, 15) is 4.79 Å². The van der Waals surface area contributed by atoms with Gasteiger partial charge in [0.15, 0.2) is 0 Å². The van der Waals surface area contributed by atoms with E-state index in [1.807, 2.05) is 11.8 Å². The Morgan fingerprint density at radius 2 is 2.27 bits per heavy atom. The van der Waals surface area contributed by atoms with Crippen molar-refractivity contribution in [2.45, 2.75) is 32.2 Å². The van der Waals surface area contributed by atoms with Crippen molar-refractivity contribution in [1.29, 1.82) is 0 Å². The normalized spacial score (nSPS) is 18.3. The number of aromatic amines is 1. The number of nitrogens with zero attached hydrogens (tertiary/aromatic N) is 5. The van der Waals surface area contributed by atoms with Crippen molar-refractivity contribution in [2.75, 3.05) is 18.9 Å². The van der Waals surface area contributed by atoms with Crippen LogP contribution in [0.2, 0.25) is 0 Å². The number of amides is 1. The molecule has 1 fully saturated rings. The molecule has 0 saturated carbocycles. The van der Waals surface area contributed by atoms with Crippen LogP contribution in [0.1, 0.15) is 47.3 Å². The summed E-state index contributed by atoms with van der Waals surface area (Å²) >= 11 is 0. The fourth-order valence-electron chi connectivity index (χ4n) is 2.77. The van der Waals surface area contributed by atoms with Gasteiger partial charge in [-0.2, -0.15) is 5.10 Å². The zero-order valence-corrected chi connectivity index (χ0v) is 12.7. The summed E-state index contributed by atoms with van der Waals surface area (Å²) in [4.78, 5) is 27.4. The molecule has 2 aromatic rings. The summed E-state index contributed by atoms with van der Waals surface area (Å²) in [5.41, 5.74) is 1.17. The lowest BCUT2D eigenvalue weighted by Gasteiger charge is -2.34. The molecule has 0 aliphatic carbocycles. The summed E-state index contributed by atoms with van der Waals surface area (Å²) in [5, 5.41) is 9.66. The van der Waals surface area contributed by atoms with Crippen LogP contribution in [-0.4, -0.2) is 49.5 Å². The Kier molecular flexibility index (Phi) is 3.99. The van der Waals surface area contributed by atoms with Gasteiger partial charge in [-0.3, -0.25) is 9.89 Å². The molecule has 116 valence electrons. The molecule has 1 saturated heterocycles. The molecule has 2 N–H and O–H groups in total. The second kappa shape index (κ2) is 6.08. The van der Waals surface area contributed by atoms with E-state index in [1.165, 1.54) is 6.33 Å². The Bertz CT molecular complexity index is 655. The van der Waals surface area contributed by atoms with Gasteiger partial charge in [0.05, 0.1) is 6.04 Å². The average Bonchev–Trinajstić information content (AvgIpc) is 3.08. The van der Waals surface area contributed by atoms with Crippen molar-refractivity contribution in [3.05, 3.63) is 29.6 Å². The van der Waals surface area contributed by atoms with Gasteiger partial charge in [-0.15, -0.1) is 0 Å². The first-order valence-corrected chi connectivity index (χ1v) is 7.38. The molecule has 0 aromatic carbocycles. The molecular formula is C14H19N7O. The second-order valence-electron chi connectivity index (χ2n) is 5.35. The van der Waals surface area contributed by atoms with Crippen LogP contribution >= 0.6 is 0 Å². The van der Waals surface area contributed by atoms with Crippen LogP contribution < -0.4 is 5.32 Å². The maximum Gasteiger partial charge on any atom is 0.273 e. The van der Waals surface area contributed by atoms with Crippen LogP contribution in [0.4, 0.5) is 5.95 Å². The Hall–Kier alpha value is -2.51. The summed E-state index contributed by atoms with van der Waals surface area (Å²) < 4.78 is 0. The maximum atomic E-state index is 12.9. The van der Waals surface area contributed by atoms with Crippen LogP contribution in [0.15, 0.2) is 12.4 Å². The minimum absolute atomic E-state index is 0.0722. The number of likely N-dealkylation sites (tertiary alicyclic amines) is 1. The van der Waals surface area contributed by atoms with E-state index >= 15 is 0 Å². The molecule has 1 aliphatic heterocycles. The molecule has 8 heteroatoms. The van der Waals surface area contributed by atoms with E-state index in [4.69, 9.17) is 0 Å². The van der Waals surface area contributed by atoms with E-state index in [1.54, 1.807) is 13.1 Å². The van der Waals surface area contributed by atoms with E-state index in [-0.39, 0.29) is 11.9 Å². The average molecular weight is 301 g/mol. The van der Waals surface area contributed by atoms with Gasteiger partial charge >= 0.3 is 0 Å². The van der Waals surface area contributed by atoms with Crippen molar-refractivity contribution in [3.63, 3.8) is 0 Å². The van der Waals surface area contributed by atoms with E-state index in [0.717, 1.165) is 30.8 Å². The van der Waals surface area contributed by atoms with Crippen molar-refractivity contribution in [2.24, 2.45) is 0 Å². The first-order valence-electron chi connectivity index (χ1n) is 7.38.